The largest absolute Gasteiger partial charge is 0.325 e. The molecule has 1 fully saturated rings. The fraction of sp³-hybridized carbons (Fsp3) is 0.818. The highest BCUT2D eigenvalue weighted by atomic mass is 15.4. The number of nitrogens with zero attached hydrogens (tertiary/aromatic N) is 3. The molecule has 0 aromatic carbocycles. The Balaban J connectivity index is 2.16. The minimum absolute atomic E-state index is 0.499. The van der Waals surface area contributed by atoms with Gasteiger partial charge in [0.25, 0.3) is 0 Å². The Bertz CT molecular complexity index is 310. The Morgan fingerprint density at radius 1 is 1.27 bits per heavy atom. The molecule has 4 nitrogen and oxygen atoms in total. The van der Waals surface area contributed by atoms with E-state index in [0.717, 1.165) is 11.4 Å². The summed E-state index contributed by atoms with van der Waals surface area (Å²) < 4.78 is 2.09. The second-order valence-corrected chi connectivity index (χ2v) is 4.42. The van der Waals surface area contributed by atoms with Crippen LogP contribution >= 0.6 is 0 Å². The predicted octanol–water partition coefficient (Wildman–Crippen LogP) is 1.94. The van der Waals surface area contributed by atoms with Crippen molar-refractivity contribution in [3.63, 3.8) is 0 Å². The summed E-state index contributed by atoms with van der Waals surface area (Å²) in [4.78, 5) is 0. The summed E-state index contributed by atoms with van der Waals surface area (Å²) in [5.41, 5.74) is 7.71. The monoisotopic (exact) mass is 208 g/mol. The molecule has 15 heavy (non-hydrogen) atoms. The van der Waals surface area contributed by atoms with Gasteiger partial charge >= 0.3 is 0 Å². The van der Waals surface area contributed by atoms with Crippen molar-refractivity contribution in [2.45, 2.75) is 58.0 Å². The van der Waals surface area contributed by atoms with E-state index in [2.05, 4.69) is 21.9 Å². The molecule has 0 unspecified atom stereocenters. The molecule has 0 radical (unpaired) electrons. The van der Waals surface area contributed by atoms with Crippen molar-refractivity contribution in [3.8, 4) is 0 Å². The summed E-state index contributed by atoms with van der Waals surface area (Å²) in [5, 5.41) is 8.37. The Hall–Kier alpha value is -0.900. The van der Waals surface area contributed by atoms with Gasteiger partial charge < -0.3 is 5.73 Å². The second-order valence-electron chi connectivity index (χ2n) is 4.42. The predicted molar refractivity (Wildman–Crippen MR) is 59.4 cm³/mol. The zero-order valence-electron chi connectivity index (χ0n) is 9.45. The Labute approximate surface area is 90.8 Å². The molecule has 1 aliphatic carbocycles. The summed E-state index contributed by atoms with van der Waals surface area (Å²) in [6.07, 6.45) is 7.87. The molecule has 1 heterocycles. The van der Waals surface area contributed by atoms with E-state index in [9.17, 15) is 0 Å². The first-order chi connectivity index (χ1) is 7.33. The summed E-state index contributed by atoms with van der Waals surface area (Å²) in [5.74, 6) is 0. The van der Waals surface area contributed by atoms with Crippen LogP contribution in [0, 0.1) is 6.92 Å². The number of aromatic nitrogens is 3. The van der Waals surface area contributed by atoms with Gasteiger partial charge in [0.2, 0.25) is 0 Å². The molecule has 0 saturated heterocycles. The zero-order valence-corrected chi connectivity index (χ0v) is 9.45. The Morgan fingerprint density at radius 3 is 2.47 bits per heavy atom. The van der Waals surface area contributed by atoms with Gasteiger partial charge in [0.05, 0.1) is 17.4 Å². The third kappa shape index (κ3) is 2.20. The highest BCUT2D eigenvalue weighted by Gasteiger charge is 2.18. The first kappa shape index (κ1) is 10.6. The molecule has 0 aliphatic heterocycles. The smallest absolute Gasteiger partial charge is 0.0991 e. The van der Waals surface area contributed by atoms with Crippen LogP contribution in [0.5, 0.6) is 0 Å². The second kappa shape index (κ2) is 4.75. The normalized spacial score (nSPS) is 19.1. The third-order valence-electron chi connectivity index (χ3n) is 3.39. The molecular formula is C11H20N4. The molecule has 0 spiro atoms. The van der Waals surface area contributed by atoms with Crippen LogP contribution in [-0.2, 0) is 6.54 Å². The molecule has 0 atom stereocenters. The van der Waals surface area contributed by atoms with Gasteiger partial charge in [-0.1, -0.05) is 30.9 Å². The van der Waals surface area contributed by atoms with E-state index in [-0.39, 0.29) is 0 Å². The number of rotatable bonds is 2. The van der Waals surface area contributed by atoms with E-state index in [4.69, 9.17) is 5.73 Å². The van der Waals surface area contributed by atoms with Crippen LogP contribution in [0.15, 0.2) is 0 Å². The van der Waals surface area contributed by atoms with Gasteiger partial charge in [0, 0.05) is 6.54 Å². The van der Waals surface area contributed by atoms with Gasteiger partial charge in [-0.25, -0.2) is 4.68 Å². The summed E-state index contributed by atoms with van der Waals surface area (Å²) in [6.45, 7) is 2.58. The van der Waals surface area contributed by atoms with Gasteiger partial charge in [-0.3, -0.25) is 0 Å². The molecule has 0 amide bonds. The first-order valence-electron chi connectivity index (χ1n) is 5.93. The molecule has 84 valence electrons. The van der Waals surface area contributed by atoms with E-state index in [1.54, 1.807) is 0 Å². The van der Waals surface area contributed by atoms with Crippen LogP contribution in [0.4, 0.5) is 0 Å². The van der Waals surface area contributed by atoms with E-state index in [1.165, 1.54) is 38.5 Å². The summed E-state index contributed by atoms with van der Waals surface area (Å²) in [6, 6.07) is 0.556. The maximum Gasteiger partial charge on any atom is 0.0991 e. The quantitative estimate of drug-likeness (QED) is 0.756. The van der Waals surface area contributed by atoms with Gasteiger partial charge in [-0.2, -0.15) is 0 Å². The van der Waals surface area contributed by atoms with E-state index >= 15 is 0 Å². The van der Waals surface area contributed by atoms with Gasteiger partial charge in [0.15, 0.2) is 0 Å². The minimum Gasteiger partial charge on any atom is -0.325 e. The fourth-order valence-electron chi connectivity index (χ4n) is 2.41. The van der Waals surface area contributed by atoms with Crippen LogP contribution in [-0.4, -0.2) is 15.0 Å². The van der Waals surface area contributed by atoms with E-state index in [1.807, 2.05) is 0 Å². The average molecular weight is 208 g/mol. The topological polar surface area (TPSA) is 56.7 Å². The van der Waals surface area contributed by atoms with Crippen molar-refractivity contribution in [2.24, 2.45) is 5.73 Å². The van der Waals surface area contributed by atoms with Crippen LogP contribution in [0.2, 0.25) is 0 Å². The van der Waals surface area contributed by atoms with Crippen LogP contribution in [0.25, 0.3) is 0 Å². The number of hydrogen-bond acceptors (Lipinski definition) is 3. The van der Waals surface area contributed by atoms with Crippen molar-refractivity contribution < 1.29 is 0 Å². The zero-order chi connectivity index (χ0) is 10.7. The average Bonchev–Trinajstić information content (AvgIpc) is 2.49. The molecule has 1 aromatic rings. The molecule has 2 N–H and O–H groups in total. The molecule has 1 aromatic heterocycles. The number of hydrogen-bond donors (Lipinski definition) is 1. The van der Waals surface area contributed by atoms with Gasteiger partial charge in [-0.15, -0.1) is 5.10 Å². The SMILES string of the molecule is Cc1c(CN)nnn1C1CCCCCC1. The van der Waals surface area contributed by atoms with Crippen molar-refractivity contribution in [3.05, 3.63) is 11.4 Å². The van der Waals surface area contributed by atoms with E-state index in [0.29, 0.717) is 12.6 Å². The summed E-state index contributed by atoms with van der Waals surface area (Å²) >= 11 is 0. The van der Waals surface area contributed by atoms with Gasteiger partial charge in [-0.05, 0) is 19.8 Å². The standard InChI is InChI=1S/C11H20N4/c1-9-11(8-12)13-14-15(9)10-6-4-2-3-5-7-10/h10H,2-8,12H2,1H3. The van der Waals surface area contributed by atoms with Crippen molar-refractivity contribution in [2.75, 3.05) is 0 Å². The highest BCUT2D eigenvalue weighted by Crippen LogP contribution is 2.27. The fourth-order valence-corrected chi connectivity index (χ4v) is 2.41. The molecule has 1 aliphatic rings. The van der Waals surface area contributed by atoms with Crippen molar-refractivity contribution in [1.82, 2.24) is 15.0 Å². The first-order valence-corrected chi connectivity index (χ1v) is 5.93. The lowest BCUT2D eigenvalue weighted by Gasteiger charge is -2.15. The van der Waals surface area contributed by atoms with Crippen LogP contribution in [0.3, 0.4) is 0 Å². The third-order valence-corrected chi connectivity index (χ3v) is 3.39. The highest BCUT2D eigenvalue weighted by molar-refractivity contribution is 5.08. The maximum atomic E-state index is 5.61. The lowest BCUT2D eigenvalue weighted by atomic mass is 10.1. The number of nitrogens with two attached hydrogens (primary N) is 1. The minimum atomic E-state index is 0.499. The molecule has 0 bridgehead atoms. The molecular weight excluding hydrogens is 188 g/mol. The Morgan fingerprint density at radius 2 is 1.93 bits per heavy atom. The maximum absolute atomic E-state index is 5.61. The van der Waals surface area contributed by atoms with Crippen LogP contribution < -0.4 is 5.73 Å². The van der Waals surface area contributed by atoms with E-state index < -0.39 is 0 Å². The molecule has 2 rings (SSSR count). The molecule has 4 heteroatoms. The molecule has 1 saturated carbocycles. The van der Waals surface area contributed by atoms with Crippen LogP contribution in [0.1, 0.15) is 56.0 Å². The lowest BCUT2D eigenvalue weighted by molar-refractivity contribution is 0.389. The lowest BCUT2D eigenvalue weighted by Crippen LogP contribution is -2.12. The summed E-state index contributed by atoms with van der Waals surface area (Å²) in [7, 11) is 0. The Kier molecular flexibility index (Phi) is 3.36. The van der Waals surface area contributed by atoms with Crippen molar-refractivity contribution in [1.29, 1.82) is 0 Å². The van der Waals surface area contributed by atoms with Crippen molar-refractivity contribution >= 4 is 0 Å². The van der Waals surface area contributed by atoms with Gasteiger partial charge in [0.1, 0.15) is 0 Å².